The van der Waals surface area contributed by atoms with E-state index in [-0.39, 0.29) is 22.1 Å². The van der Waals surface area contributed by atoms with E-state index < -0.39 is 16.6 Å². The first-order valence-electron chi connectivity index (χ1n) is 4.96. The molecule has 0 atom stereocenters. The Balaban J connectivity index is 2.23. The van der Waals surface area contributed by atoms with Crippen molar-refractivity contribution >= 4 is 28.9 Å². The van der Waals surface area contributed by atoms with E-state index in [1.54, 1.807) is 0 Å². The second kappa shape index (κ2) is 4.94. The van der Waals surface area contributed by atoms with Crippen molar-refractivity contribution in [2.45, 2.75) is 0 Å². The quantitative estimate of drug-likeness (QED) is 0.451. The molecule has 1 amide bonds. The van der Waals surface area contributed by atoms with Crippen LogP contribution >= 0.6 is 11.6 Å². The number of phenolic OH excluding ortho intramolecular Hbond substituents is 1. The molecule has 0 spiro atoms. The highest BCUT2D eigenvalue weighted by molar-refractivity contribution is 6.34. The molecule has 19 heavy (non-hydrogen) atoms. The predicted molar refractivity (Wildman–Crippen MR) is 66.3 cm³/mol. The summed E-state index contributed by atoms with van der Waals surface area (Å²) >= 11 is 5.70. The number of nitrogens with zero attached hydrogens (tertiary/aromatic N) is 2. The van der Waals surface area contributed by atoms with Crippen molar-refractivity contribution < 1.29 is 14.8 Å². The largest absolute Gasteiger partial charge is 0.506 e. The number of rotatable bonds is 3. The summed E-state index contributed by atoms with van der Waals surface area (Å²) in [6.45, 7) is 0. The van der Waals surface area contributed by atoms with E-state index in [2.05, 4.69) is 15.5 Å². The van der Waals surface area contributed by atoms with Crippen LogP contribution in [0.3, 0.4) is 0 Å². The Bertz CT molecular complexity index is 655. The lowest BCUT2D eigenvalue weighted by Crippen LogP contribution is -2.13. The average Bonchev–Trinajstić information content (AvgIpc) is 2.77. The van der Waals surface area contributed by atoms with E-state index in [1.807, 2.05) is 0 Å². The topological polar surface area (TPSA) is 121 Å². The number of hydrogen-bond donors (Lipinski definition) is 3. The first-order valence-corrected chi connectivity index (χ1v) is 5.34. The summed E-state index contributed by atoms with van der Waals surface area (Å²) in [7, 11) is 0. The first-order chi connectivity index (χ1) is 8.99. The Hall–Kier alpha value is -2.61. The Labute approximate surface area is 111 Å². The van der Waals surface area contributed by atoms with Gasteiger partial charge in [0.2, 0.25) is 0 Å². The third kappa shape index (κ3) is 2.63. The molecule has 1 aromatic heterocycles. The SMILES string of the molecule is O=C(Nc1ccc([N+](=O)[O-])cc1O)c1[nH]ncc1Cl. The van der Waals surface area contributed by atoms with Gasteiger partial charge in [0.1, 0.15) is 11.4 Å². The van der Waals surface area contributed by atoms with Gasteiger partial charge in [0.15, 0.2) is 0 Å². The zero-order valence-electron chi connectivity index (χ0n) is 9.25. The summed E-state index contributed by atoms with van der Waals surface area (Å²) < 4.78 is 0. The van der Waals surface area contributed by atoms with Crippen molar-refractivity contribution in [2.24, 2.45) is 0 Å². The van der Waals surface area contributed by atoms with Crippen molar-refractivity contribution in [2.75, 3.05) is 5.32 Å². The highest BCUT2D eigenvalue weighted by Gasteiger charge is 2.16. The van der Waals surface area contributed by atoms with Crippen LogP contribution < -0.4 is 5.32 Å². The second-order valence-electron chi connectivity index (χ2n) is 3.51. The number of aromatic amines is 1. The molecule has 3 N–H and O–H groups in total. The molecule has 8 nitrogen and oxygen atoms in total. The lowest BCUT2D eigenvalue weighted by molar-refractivity contribution is -0.384. The molecule has 0 aliphatic carbocycles. The molecule has 0 fully saturated rings. The summed E-state index contributed by atoms with van der Waals surface area (Å²) in [4.78, 5) is 21.6. The summed E-state index contributed by atoms with van der Waals surface area (Å²) in [5.41, 5.74) is -0.226. The fraction of sp³-hybridized carbons (Fsp3) is 0. The minimum absolute atomic E-state index is 0.0272. The summed E-state index contributed by atoms with van der Waals surface area (Å²) in [6, 6.07) is 3.31. The molecule has 0 bridgehead atoms. The number of nitro groups is 1. The summed E-state index contributed by atoms with van der Waals surface area (Å²) in [5, 5.41) is 28.5. The van der Waals surface area contributed by atoms with Gasteiger partial charge in [0.05, 0.1) is 27.9 Å². The molecule has 0 radical (unpaired) electrons. The van der Waals surface area contributed by atoms with E-state index in [0.29, 0.717) is 0 Å². The fourth-order valence-corrected chi connectivity index (χ4v) is 1.53. The van der Waals surface area contributed by atoms with Gasteiger partial charge >= 0.3 is 0 Å². The molecule has 1 heterocycles. The number of halogens is 1. The number of hydrogen-bond acceptors (Lipinski definition) is 5. The van der Waals surface area contributed by atoms with Crippen molar-refractivity contribution in [3.8, 4) is 5.75 Å². The van der Waals surface area contributed by atoms with Crippen LogP contribution in [0.15, 0.2) is 24.4 Å². The number of non-ortho nitro benzene ring substituents is 1. The molecular weight excluding hydrogens is 276 g/mol. The maximum Gasteiger partial charge on any atom is 0.275 e. The van der Waals surface area contributed by atoms with Crippen LogP contribution in [0, 0.1) is 10.1 Å². The van der Waals surface area contributed by atoms with Gasteiger partial charge in [-0.15, -0.1) is 0 Å². The number of benzene rings is 1. The summed E-state index contributed by atoms with van der Waals surface area (Å²) in [5.74, 6) is -1.04. The molecule has 0 aliphatic rings. The molecule has 2 rings (SSSR count). The molecule has 0 saturated carbocycles. The molecular formula is C10H7ClN4O4. The van der Waals surface area contributed by atoms with Crippen LogP contribution in [0.2, 0.25) is 5.02 Å². The number of aromatic nitrogens is 2. The number of amides is 1. The predicted octanol–water partition coefficient (Wildman–Crippen LogP) is 1.93. The average molecular weight is 283 g/mol. The van der Waals surface area contributed by atoms with Crippen LogP contribution in [0.4, 0.5) is 11.4 Å². The van der Waals surface area contributed by atoms with E-state index >= 15 is 0 Å². The third-order valence-electron chi connectivity index (χ3n) is 2.26. The van der Waals surface area contributed by atoms with Crippen LogP contribution in [0.25, 0.3) is 0 Å². The van der Waals surface area contributed by atoms with E-state index in [9.17, 15) is 20.0 Å². The second-order valence-corrected chi connectivity index (χ2v) is 3.91. The Morgan fingerprint density at radius 2 is 2.26 bits per heavy atom. The van der Waals surface area contributed by atoms with Gasteiger partial charge in [0, 0.05) is 6.07 Å². The number of anilines is 1. The Morgan fingerprint density at radius 1 is 1.53 bits per heavy atom. The van der Waals surface area contributed by atoms with Gasteiger partial charge in [-0.25, -0.2) is 0 Å². The number of aromatic hydroxyl groups is 1. The number of phenols is 1. The molecule has 98 valence electrons. The molecule has 0 unspecified atom stereocenters. The van der Waals surface area contributed by atoms with Gasteiger partial charge in [-0.05, 0) is 6.07 Å². The van der Waals surface area contributed by atoms with E-state index in [0.717, 1.165) is 12.1 Å². The smallest absolute Gasteiger partial charge is 0.275 e. The summed E-state index contributed by atoms with van der Waals surface area (Å²) in [6.07, 6.45) is 1.26. The van der Waals surface area contributed by atoms with Crippen LogP contribution in [-0.4, -0.2) is 26.1 Å². The number of nitro benzene ring substituents is 1. The monoisotopic (exact) mass is 282 g/mol. The third-order valence-corrected chi connectivity index (χ3v) is 2.55. The Kier molecular flexibility index (Phi) is 3.34. The molecule has 0 saturated heterocycles. The number of carbonyl (C=O) groups is 1. The normalized spacial score (nSPS) is 10.2. The van der Waals surface area contributed by atoms with Crippen molar-refractivity contribution in [3.63, 3.8) is 0 Å². The lowest BCUT2D eigenvalue weighted by atomic mass is 10.2. The molecule has 9 heteroatoms. The van der Waals surface area contributed by atoms with Crippen molar-refractivity contribution in [1.29, 1.82) is 0 Å². The van der Waals surface area contributed by atoms with Gasteiger partial charge in [-0.2, -0.15) is 5.10 Å². The lowest BCUT2D eigenvalue weighted by Gasteiger charge is -2.06. The maximum atomic E-state index is 11.8. The number of nitrogens with one attached hydrogen (secondary N) is 2. The number of carbonyl (C=O) groups excluding carboxylic acids is 1. The fourth-order valence-electron chi connectivity index (χ4n) is 1.35. The van der Waals surface area contributed by atoms with Crippen molar-refractivity contribution in [1.82, 2.24) is 10.2 Å². The number of H-pyrrole nitrogens is 1. The highest BCUT2D eigenvalue weighted by atomic mass is 35.5. The van der Waals surface area contributed by atoms with E-state index in [1.165, 1.54) is 12.3 Å². The Morgan fingerprint density at radius 3 is 2.79 bits per heavy atom. The first kappa shape index (κ1) is 12.8. The highest BCUT2D eigenvalue weighted by Crippen LogP contribution is 2.28. The standard InChI is InChI=1S/C10H7ClN4O4/c11-6-4-12-14-9(6)10(17)13-7-2-1-5(15(18)19)3-8(7)16/h1-4,16H,(H,12,14)(H,13,17). The van der Waals surface area contributed by atoms with Crippen LogP contribution in [0.1, 0.15) is 10.5 Å². The molecule has 2 aromatic rings. The maximum absolute atomic E-state index is 11.8. The minimum Gasteiger partial charge on any atom is -0.506 e. The zero-order valence-corrected chi connectivity index (χ0v) is 10.0. The van der Waals surface area contributed by atoms with Gasteiger partial charge < -0.3 is 10.4 Å². The van der Waals surface area contributed by atoms with Crippen LogP contribution in [-0.2, 0) is 0 Å². The van der Waals surface area contributed by atoms with E-state index in [4.69, 9.17) is 11.6 Å². The zero-order chi connectivity index (χ0) is 14.0. The van der Waals surface area contributed by atoms with Crippen LogP contribution in [0.5, 0.6) is 5.75 Å². The minimum atomic E-state index is -0.656. The van der Waals surface area contributed by atoms with Gasteiger partial charge in [-0.1, -0.05) is 11.6 Å². The van der Waals surface area contributed by atoms with Gasteiger partial charge in [0.25, 0.3) is 11.6 Å². The van der Waals surface area contributed by atoms with Gasteiger partial charge in [-0.3, -0.25) is 20.0 Å². The van der Waals surface area contributed by atoms with Crippen molar-refractivity contribution in [3.05, 3.63) is 45.2 Å². The molecule has 1 aromatic carbocycles. The molecule has 0 aliphatic heterocycles.